The molecular formula is C25H31N5O3. The molecule has 2 aromatic heterocycles. The predicted octanol–water partition coefficient (Wildman–Crippen LogP) is 2.92. The van der Waals surface area contributed by atoms with Gasteiger partial charge in [0.25, 0.3) is 5.56 Å². The number of piperidine rings is 1. The molecule has 0 bridgehead atoms. The van der Waals surface area contributed by atoms with E-state index in [4.69, 9.17) is 0 Å². The molecule has 3 heterocycles. The molecule has 1 saturated carbocycles. The molecule has 33 heavy (non-hydrogen) atoms. The summed E-state index contributed by atoms with van der Waals surface area (Å²) in [5.74, 6) is -0.168. The molecule has 1 amide bonds. The SMILES string of the molecule is CC1CCCCN1C(=O)Cn1c(=O)c2c(ncn2C2CCCC2)n(Cc2ccccc2)c1=O. The third-order valence-corrected chi connectivity index (χ3v) is 7.26. The van der Waals surface area contributed by atoms with Crippen LogP contribution in [0.15, 0.2) is 46.2 Å². The fraction of sp³-hybridized carbons (Fsp3) is 0.520. The zero-order valence-electron chi connectivity index (χ0n) is 19.2. The minimum absolute atomic E-state index is 0.126. The highest BCUT2D eigenvalue weighted by Gasteiger charge is 2.27. The third kappa shape index (κ3) is 4.03. The maximum absolute atomic E-state index is 13.6. The number of aromatic nitrogens is 4. The first-order valence-electron chi connectivity index (χ1n) is 12.1. The van der Waals surface area contributed by atoms with Gasteiger partial charge in [0.15, 0.2) is 11.2 Å². The summed E-state index contributed by atoms with van der Waals surface area (Å²) in [5, 5.41) is 0. The Kier molecular flexibility index (Phi) is 5.91. The van der Waals surface area contributed by atoms with E-state index in [1.54, 1.807) is 10.9 Å². The molecule has 1 aliphatic heterocycles. The molecule has 0 radical (unpaired) electrons. The summed E-state index contributed by atoms with van der Waals surface area (Å²) in [6.07, 6.45) is 8.92. The van der Waals surface area contributed by atoms with Crippen LogP contribution in [0.2, 0.25) is 0 Å². The lowest BCUT2D eigenvalue weighted by Crippen LogP contribution is -2.48. The molecule has 2 aliphatic rings. The standard InChI is InChI=1S/C25H31N5O3/c1-18-9-7-8-14-27(18)21(31)16-29-24(32)22-23(26-17-30(22)20-12-5-6-13-20)28(25(29)33)15-19-10-3-2-4-11-19/h2-4,10-11,17-18,20H,5-9,12-16H2,1H3. The van der Waals surface area contributed by atoms with Crippen molar-refractivity contribution in [2.45, 2.75) is 77.0 Å². The van der Waals surface area contributed by atoms with Crippen LogP contribution in [0.3, 0.4) is 0 Å². The molecule has 1 atom stereocenters. The van der Waals surface area contributed by atoms with Crippen LogP contribution in [0.1, 0.15) is 63.5 Å². The number of imidazole rings is 1. The monoisotopic (exact) mass is 449 g/mol. The largest absolute Gasteiger partial charge is 0.338 e. The number of likely N-dealkylation sites (tertiary alicyclic amines) is 1. The van der Waals surface area contributed by atoms with E-state index in [0.717, 1.165) is 55.1 Å². The number of carbonyl (C=O) groups excluding carboxylic acids is 1. The van der Waals surface area contributed by atoms with Crippen LogP contribution in [0.25, 0.3) is 11.2 Å². The molecule has 1 aliphatic carbocycles. The summed E-state index contributed by atoms with van der Waals surface area (Å²) < 4.78 is 4.61. The van der Waals surface area contributed by atoms with Gasteiger partial charge in [0.05, 0.1) is 12.9 Å². The Morgan fingerprint density at radius 3 is 2.45 bits per heavy atom. The second-order valence-electron chi connectivity index (χ2n) is 9.44. The highest BCUT2D eigenvalue weighted by Crippen LogP contribution is 2.31. The van der Waals surface area contributed by atoms with E-state index in [0.29, 0.717) is 24.3 Å². The van der Waals surface area contributed by atoms with Crippen molar-refractivity contribution in [1.82, 2.24) is 23.6 Å². The zero-order chi connectivity index (χ0) is 22.9. The van der Waals surface area contributed by atoms with Crippen LogP contribution >= 0.6 is 0 Å². The normalized spacial score (nSPS) is 19.4. The average Bonchev–Trinajstić information content (AvgIpc) is 3.50. The fourth-order valence-electron chi connectivity index (χ4n) is 5.41. The smallest absolute Gasteiger partial charge is 0.333 e. The number of rotatable bonds is 5. The van der Waals surface area contributed by atoms with Crippen LogP contribution in [0.4, 0.5) is 0 Å². The molecule has 174 valence electrons. The van der Waals surface area contributed by atoms with Crippen molar-refractivity contribution in [3.8, 4) is 0 Å². The van der Waals surface area contributed by atoms with Gasteiger partial charge in [-0.1, -0.05) is 43.2 Å². The molecule has 2 fully saturated rings. The Morgan fingerprint density at radius 2 is 1.73 bits per heavy atom. The molecule has 0 N–H and O–H groups in total. The van der Waals surface area contributed by atoms with E-state index in [1.165, 1.54) is 0 Å². The molecular weight excluding hydrogens is 418 g/mol. The van der Waals surface area contributed by atoms with Crippen LogP contribution in [0.5, 0.6) is 0 Å². The second kappa shape index (κ2) is 9.00. The van der Waals surface area contributed by atoms with E-state index in [-0.39, 0.29) is 24.5 Å². The van der Waals surface area contributed by atoms with Crippen molar-refractivity contribution in [1.29, 1.82) is 0 Å². The van der Waals surface area contributed by atoms with Crippen LogP contribution < -0.4 is 11.2 Å². The maximum atomic E-state index is 13.6. The van der Waals surface area contributed by atoms with Gasteiger partial charge in [-0.15, -0.1) is 0 Å². The quantitative estimate of drug-likeness (QED) is 0.600. The Labute approximate surface area is 192 Å². The number of fused-ring (bicyclic) bond motifs is 1. The molecule has 3 aromatic rings. The van der Waals surface area contributed by atoms with E-state index in [1.807, 2.05) is 46.7 Å². The molecule has 5 rings (SSSR count). The first-order chi connectivity index (χ1) is 16.0. The molecule has 1 unspecified atom stereocenters. The van der Waals surface area contributed by atoms with Gasteiger partial charge < -0.3 is 9.47 Å². The Bertz CT molecular complexity index is 1270. The molecule has 8 heteroatoms. The first kappa shape index (κ1) is 21.7. The number of carbonyl (C=O) groups is 1. The van der Waals surface area contributed by atoms with Gasteiger partial charge in [0, 0.05) is 18.6 Å². The first-order valence-corrected chi connectivity index (χ1v) is 12.1. The van der Waals surface area contributed by atoms with E-state index < -0.39 is 11.2 Å². The number of nitrogens with zero attached hydrogens (tertiary/aromatic N) is 5. The fourth-order valence-corrected chi connectivity index (χ4v) is 5.41. The lowest BCUT2D eigenvalue weighted by Gasteiger charge is -2.33. The van der Waals surface area contributed by atoms with E-state index >= 15 is 0 Å². The van der Waals surface area contributed by atoms with Gasteiger partial charge >= 0.3 is 5.69 Å². The van der Waals surface area contributed by atoms with Crippen molar-refractivity contribution in [3.63, 3.8) is 0 Å². The summed E-state index contributed by atoms with van der Waals surface area (Å²) in [4.78, 5) is 46.7. The highest BCUT2D eigenvalue weighted by molar-refractivity contribution is 5.77. The van der Waals surface area contributed by atoms with Gasteiger partial charge in [-0.3, -0.25) is 14.2 Å². The maximum Gasteiger partial charge on any atom is 0.333 e. The van der Waals surface area contributed by atoms with E-state index in [9.17, 15) is 14.4 Å². The van der Waals surface area contributed by atoms with Crippen molar-refractivity contribution in [3.05, 3.63) is 63.1 Å². The van der Waals surface area contributed by atoms with Crippen molar-refractivity contribution in [2.24, 2.45) is 0 Å². The topological polar surface area (TPSA) is 82.1 Å². The van der Waals surface area contributed by atoms with Crippen molar-refractivity contribution < 1.29 is 4.79 Å². The van der Waals surface area contributed by atoms with Gasteiger partial charge in [-0.05, 0) is 44.6 Å². The predicted molar refractivity (Wildman–Crippen MR) is 126 cm³/mol. The molecule has 1 aromatic carbocycles. The molecule has 8 nitrogen and oxygen atoms in total. The van der Waals surface area contributed by atoms with Crippen LogP contribution in [0, 0.1) is 0 Å². The number of hydrogen-bond acceptors (Lipinski definition) is 4. The van der Waals surface area contributed by atoms with Crippen molar-refractivity contribution in [2.75, 3.05) is 6.54 Å². The summed E-state index contributed by atoms with van der Waals surface area (Å²) in [6.45, 7) is 2.77. The summed E-state index contributed by atoms with van der Waals surface area (Å²) in [7, 11) is 0. The summed E-state index contributed by atoms with van der Waals surface area (Å²) in [6, 6.07) is 10.00. The zero-order valence-corrected chi connectivity index (χ0v) is 19.2. The van der Waals surface area contributed by atoms with Crippen molar-refractivity contribution >= 4 is 17.1 Å². The Balaban J connectivity index is 1.62. The van der Waals surface area contributed by atoms with Crippen LogP contribution in [-0.4, -0.2) is 42.1 Å². The average molecular weight is 450 g/mol. The highest BCUT2D eigenvalue weighted by atomic mass is 16.2. The summed E-state index contributed by atoms with van der Waals surface area (Å²) >= 11 is 0. The van der Waals surface area contributed by atoms with E-state index in [2.05, 4.69) is 4.98 Å². The van der Waals surface area contributed by atoms with Gasteiger partial charge in [-0.25, -0.2) is 14.3 Å². The lowest BCUT2D eigenvalue weighted by atomic mass is 10.0. The van der Waals surface area contributed by atoms with Gasteiger partial charge in [0.2, 0.25) is 5.91 Å². The Morgan fingerprint density at radius 1 is 1.00 bits per heavy atom. The molecule has 0 spiro atoms. The molecule has 1 saturated heterocycles. The lowest BCUT2D eigenvalue weighted by molar-refractivity contribution is -0.135. The number of benzene rings is 1. The van der Waals surface area contributed by atoms with Gasteiger partial charge in [0.1, 0.15) is 6.54 Å². The minimum Gasteiger partial charge on any atom is -0.338 e. The number of hydrogen-bond donors (Lipinski definition) is 0. The Hall–Kier alpha value is -3.16. The number of amides is 1. The summed E-state index contributed by atoms with van der Waals surface area (Å²) in [5.41, 5.74) is 0.873. The van der Waals surface area contributed by atoms with Crippen LogP contribution in [-0.2, 0) is 17.9 Å². The third-order valence-electron chi connectivity index (χ3n) is 7.26. The van der Waals surface area contributed by atoms with Gasteiger partial charge in [-0.2, -0.15) is 0 Å². The minimum atomic E-state index is -0.481. The second-order valence-corrected chi connectivity index (χ2v) is 9.44.